The zero-order valence-corrected chi connectivity index (χ0v) is 11.9. The van der Waals surface area contributed by atoms with E-state index in [-0.39, 0.29) is 6.54 Å². The van der Waals surface area contributed by atoms with Gasteiger partial charge in [-0.05, 0) is 31.0 Å². The van der Waals surface area contributed by atoms with Crippen LogP contribution in [0.3, 0.4) is 0 Å². The molecular weight excluding hydrogens is 304 g/mol. The average Bonchev–Trinajstić information content (AvgIpc) is 2.90. The van der Waals surface area contributed by atoms with E-state index in [0.717, 1.165) is 18.9 Å². The van der Waals surface area contributed by atoms with Crippen molar-refractivity contribution >= 4 is 16.0 Å². The van der Waals surface area contributed by atoms with Crippen LogP contribution in [-0.4, -0.2) is 26.0 Å². The Hall–Kier alpha value is -1.54. The summed E-state index contributed by atoms with van der Waals surface area (Å²) in [7, 11) is -4.08. The van der Waals surface area contributed by atoms with Gasteiger partial charge in [0.25, 0.3) is 0 Å². The van der Waals surface area contributed by atoms with Gasteiger partial charge >= 0.3 is 5.97 Å². The van der Waals surface area contributed by atoms with Crippen molar-refractivity contribution in [3.8, 4) is 0 Å². The van der Waals surface area contributed by atoms with E-state index in [4.69, 9.17) is 0 Å². The Kier molecular flexibility index (Phi) is 4.29. The first kappa shape index (κ1) is 15.8. The highest BCUT2D eigenvalue weighted by Gasteiger charge is 2.42. The van der Waals surface area contributed by atoms with E-state index < -0.39 is 37.9 Å². The third kappa shape index (κ3) is 3.21. The molecule has 21 heavy (non-hydrogen) atoms. The number of benzene rings is 1. The quantitative estimate of drug-likeness (QED) is 0.868. The fraction of sp³-hybridized carbons (Fsp3) is 0.462. The molecular formula is C13H15F2NO4S. The van der Waals surface area contributed by atoms with E-state index in [2.05, 4.69) is 4.72 Å². The standard InChI is InChI=1S/C13H15F2NO4S/c14-10-4-3-9(7-11(10)15)21(19,20)16-8-13(12(17)18)5-1-2-6-13/h3-4,7,16H,1-2,5-6,8H2,(H,17,18). The van der Waals surface area contributed by atoms with Gasteiger partial charge in [-0.3, -0.25) is 4.79 Å². The molecule has 0 radical (unpaired) electrons. The molecule has 0 aliphatic heterocycles. The second kappa shape index (κ2) is 5.69. The summed E-state index contributed by atoms with van der Waals surface area (Å²) >= 11 is 0. The van der Waals surface area contributed by atoms with Crippen molar-refractivity contribution in [3.63, 3.8) is 0 Å². The lowest BCUT2D eigenvalue weighted by atomic mass is 9.87. The van der Waals surface area contributed by atoms with Crippen LogP contribution in [0.25, 0.3) is 0 Å². The van der Waals surface area contributed by atoms with Crippen LogP contribution < -0.4 is 4.72 Å². The summed E-state index contributed by atoms with van der Waals surface area (Å²) < 4.78 is 52.1. The van der Waals surface area contributed by atoms with Crippen molar-refractivity contribution in [1.82, 2.24) is 4.72 Å². The van der Waals surface area contributed by atoms with Crippen LogP contribution in [0.5, 0.6) is 0 Å². The first-order valence-electron chi connectivity index (χ1n) is 6.45. The number of rotatable bonds is 5. The predicted molar refractivity (Wildman–Crippen MR) is 70.1 cm³/mol. The topological polar surface area (TPSA) is 83.5 Å². The van der Waals surface area contributed by atoms with Gasteiger partial charge in [-0.25, -0.2) is 21.9 Å². The lowest BCUT2D eigenvalue weighted by Gasteiger charge is -2.23. The molecule has 1 aliphatic rings. The number of carboxylic acids is 1. The van der Waals surface area contributed by atoms with Crippen LogP contribution in [0, 0.1) is 17.0 Å². The molecule has 0 atom stereocenters. The third-order valence-corrected chi connectivity index (χ3v) is 5.22. The Morgan fingerprint density at radius 1 is 1.24 bits per heavy atom. The van der Waals surface area contributed by atoms with Crippen LogP contribution in [0.4, 0.5) is 8.78 Å². The zero-order valence-electron chi connectivity index (χ0n) is 11.1. The van der Waals surface area contributed by atoms with Crippen LogP contribution in [0.15, 0.2) is 23.1 Å². The van der Waals surface area contributed by atoms with Crippen molar-refractivity contribution in [1.29, 1.82) is 0 Å². The van der Waals surface area contributed by atoms with E-state index in [0.29, 0.717) is 25.0 Å². The van der Waals surface area contributed by atoms with Crippen molar-refractivity contribution < 1.29 is 27.1 Å². The lowest BCUT2D eigenvalue weighted by Crippen LogP contribution is -2.41. The van der Waals surface area contributed by atoms with Gasteiger partial charge < -0.3 is 5.11 Å². The van der Waals surface area contributed by atoms with Crippen LogP contribution in [-0.2, 0) is 14.8 Å². The molecule has 0 aromatic heterocycles. The van der Waals surface area contributed by atoms with E-state index in [1.165, 1.54) is 0 Å². The second-order valence-corrected chi connectivity index (χ2v) is 6.96. The summed E-state index contributed by atoms with van der Waals surface area (Å²) in [4.78, 5) is 10.9. The first-order chi connectivity index (χ1) is 9.77. The normalized spacial score (nSPS) is 17.8. The SMILES string of the molecule is O=C(O)C1(CNS(=O)(=O)c2ccc(F)c(F)c2)CCCC1. The number of nitrogens with one attached hydrogen (secondary N) is 1. The Bertz CT molecular complexity index is 654. The number of halogens is 2. The van der Waals surface area contributed by atoms with Gasteiger partial charge in [0.2, 0.25) is 10.0 Å². The second-order valence-electron chi connectivity index (χ2n) is 5.19. The summed E-state index contributed by atoms with van der Waals surface area (Å²) in [6, 6.07) is 2.22. The molecule has 116 valence electrons. The lowest BCUT2D eigenvalue weighted by molar-refractivity contribution is -0.148. The maximum absolute atomic E-state index is 13.1. The summed E-state index contributed by atoms with van der Waals surface area (Å²) in [6.07, 6.45) is 2.23. The van der Waals surface area contributed by atoms with E-state index in [9.17, 15) is 27.1 Å². The molecule has 0 saturated heterocycles. The molecule has 0 amide bonds. The Morgan fingerprint density at radius 2 is 1.86 bits per heavy atom. The van der Waals surface area contributed by atoms with E-state index in [1.54, 1.807) is 0 Å². The Labute approximate surface area is 121 Å². The van der Waals surface area contributed by atoms with Gasteiger partial charge in [-0.15, -0.1) is 0 Å². The largest absolute Gasteiger partial charge is 0.481 e. The molecule has 8 heteroatoms. The van der Waals surface area contributed by atoms with Gasteiger partial charge in [0.15, 0.2) is 11.6 Å². The highest BCUT2D eigenvalue weighted by atomic mass is 32.2. The fourth-order valence-corrected chi connectivity index (χ4v) is 3.62. The minimum atomic E-state index is -4.08. The highest BCUT2D eigenvalue weighted by Crippen LogP contribution is 2.38. The molecule has 0 spiro atoms. The van der Waals surface area contributed by atoms with Crippen molar-refractivity contribution in [2.75, 3.05) is 6.54 Å². The van der Waals surface area contributed by atoms with Gasteiger partial charge in [-0.2, -0.15) is 0 Å². The Morgan fingerprint density at radius 3 is 2.38 bits per heavy atom. The molecule has 2 rings (SSSR count). The first-order valence-corrected chi connectivity index (χ1v) is 7.93. The smallest absolute Gasteiger partial charge is 0.310 e. The van der Waals surface area contributed by atoms with Gasteiger partial charge in [-0.1, -0.05) is 12.8 Å². The minimum Gasteiger partial charge on any atom is -0.481 e. The van der Waals surface area contributed by atoms with Crippen molar-refractivity contribution in [3.05, 3.63) is 29.8 Å². The average molecular weight is 319 g/mol. The molecule has 5 nitrogen and oxygen atoms in total. The van der Waals surface area contributed by atoms with Crippen LogP contribution in [0.2, 0.25) is 0 Å². The third-order valence-electron chi connectivity index (χ3n) is 3.82. The zero-order chi connectivity index (χ0) is 15.7. The van der Waals surface area contributed by atoms with Crippen LogP contribution >= 0.6 is 0 Å². The molecule has 1 aromatic carbocycles. The van der Waals surface area contributed by atoms with Gasteiger partial charge in [0, 0.05) is 6.54 Å². The van der Waals surface area contributed by atoms with E-state index >= 15 is 0 Å². The number of carboxylic acid groups (broad SMARTS) is 1. The molecule has 1 aromatic rings. The predicted octanol–water partition coefficient (Wildman–Crippen LogP) is 1.89. The number of hydrogen-bond donors (Lipinski definition) is 2. The molecule has 1 saturated carbocycles. The summed E-state index contributed by atoms with van der Waals surface area (Å²) in [5.41, 5.74) is -1.12. The molecule has 1 aliphatic carbocycles. The number of hydrogen-bond acceptors (Lipinski definition) is 3. The van der Waals surface area contributed by atoms with Crippen LogP contribution in [0.1, 0.15) is 25.7 Å². The number of carbonyl (C=O) groups is 1. The fourth-order valence-electron chi connectivity index (χ4n) is 2.48. The van der Waals surface area contributed by atoms with E-state index in [1.807, 2.05) is 0 Å². The summed E-state index contributed by atoms with van der Waals surface area (Å²) in [5.74, 6) is -3.47. The molecule has 0 unspecified atom stereocenters. The number of aliphatic carboxylic acids is 1. The van der Waals surface area contributed by atoms with Crippen molar-refractivity contribution in [2.24, 2.45) is 5.41 Å². The molecule has 2 N–H and O–H groups in total. The van der Waals surface area contributed by atoms with Gasteiger partial charge in [0.05, 0.1) is 10.3 Å². The maximum Gasteiger partial charge on any atom is 0.310 e. The molecule has 0 bridgehead atoms. The maximum atomic E-state index is 13.1. The molecule has 0 heterocycles. The van der Waals surface area contributed by atoms with Crippen molar-refractivity contribution in [2.45, 2.75) is 30.6 Å². The monoisotopic (exact) mass is 319 g/mol. The van der Waals surface area contributed by atoms with Gasteiger partial charge in [0.1, 0.15) is 0 Å². The minimum absolute atomic E-state index is 0.260. The Balaban J connectivity index is 2.17. The summed E-state index contributed by atoms with van der Waals surface area (Å²) in [6.45, 7) is -0.260. The number of sulfonamides is 1. The summed E-state index contributed by atoms with van der Waals surface area (Å²) in [5, 5.41) is 9.27. The highest BCUT2D eigenvalue weighted by molar-refractivity contribution is 7.89. The molecule has 1 fully saturated rings.